The molecule has 0 radical (unpaired) electrons. The molecule has 0 spiro atoms. The second-order valence-electron chi connectivity index (χ2n) is 7.86. The summed E-state index contributed by atoms with van der Waals surface area (Å²) in [5.41, 5.74) is 2.63. The van der Waals surface area contributed by atoms with Crippen molar-refractivity contribution in [3.8, 4) is 5.75 Å². The molecule has 4 rings (SSSR count). The number of ether oxygens (including phenoxy) is 2. The number of aliphatic hydroxyl groups excluding tert-OH is 1. The van der Waals surface area contributed by atoms with Crippen LogP contribution in [-0.2, 0) is 9.53 Å². The van der Waals surface area contributed by atoms with Gasteiger partial charge >= 0.3 is 5.97 Å². The SMILES string of the molecule is O=C1C[C@H](O)C[C@@H](COc2c(Cl)cc(Cl)cc2C(c2ccc(Cl)cc2)c2ccc(Cl)cc2)O1. The molecule has 172 valence electrons. The first-order valence-corrected chi connectivity index (χ1v) is 11.8. The van der Waals surface area contributed by atoms with E-state index in [2.05, 4.69) is 0 Å². The molecular formula is C25H20Cl4O4. The highest BCUT2D eigenvalue weighted by Gasteiger charge is 2.29. The van der Waals surface area contributed by atoms with Crippen LogP contribution < -0.4 is 4.74 Å². The first-order valence-electron chi connectivity index (χ1n) is 10.3. The summed E-state index contributed by atoms with van der Waals surface area (Å²) in [4.78, 5) is 11.7. The minimum absolute atomic E-state index is 0.0152. The summed E-state index contributed by atoms with van der Waals surface area (Å²) in [6.45, 7) is 0.0467. The van der Waals surface area contributed by atoms with Gasteiger partial charge in [-0.05, 0) is 47.5 Å². The standard InChI is InChI=1S/C25H20Cl4O4/c26-16-5-1-14(2-6-16)24(15-3-7-17(27)8-4-15)21-9-18(28)10-22(29)25(21)32-13-20-11-19(30)12-23(31)33-20/h1-10,19-20,24,30H,11-13H2/t19-,20+/m1/s1. The van der Waals surface area contributed by atoms with Crippen molar-refractivity contribution in [2.75, 3.05) is 6.61 Å². The van der Waals surface area contributed by atoms with E-state index in [0.717, 1.165) is 16.7 Å². The van der Waals surface area contributed by atoms with Crippen molar-refractivity contribution in [1.29, 1.82) is 0 Å². The molecule has 2 atom stereocenters. The van der Waals surface area contributed by atoms with Gasteiger partial charge in [-0.2, -0.15) is 0 Å². The maximum Gasteiger partial charge on any atom is 0.308 e. The molecule has 0 unspecified atom stereocenters. The first-order chi connectivity index (χ1) is 15.8. The lowest BCUT2D eigenvalue weighted by Gasteiger charge is -2.28. The molecule has 0 aliphatic carbocycles. The number of carbonyl (C=O) groups excluding carboxylic acids is 1. The van der Waals surface area contributed by atoms with Crippen LogP contribution in [0.5, 0.6) is 5.75 Å². The van der Waals surface area contributed by atoms with Gasteiger partial charge in [-0.1, -0.05) is 70.7 Å². The fourth-order valence-corrected chi connectivity index (χ4v) is 4.76. The topological polar surface area (TPSA) is 55.8 Å². The molecular weight excluding hydrogens is 506 g/mol. The lowest BCUT2D eigenvalue weighted by molar-refractivity contribution is -0.162. The number of hydrogen-bond acceptors (Lipinski definition) is 4. The molecule has 33 heavy (non-hydrogen) atoms. The Morgan fingerprint density at radius 3 is 2.03 bits per heavy atom. The van der Waals surface area contributed by atoms with Crippen LogP contribution in [0, 0.1) is 0 Å². The fraction of sp³-hybridized carbons (Fsp3) is 0.240. The summed E-state index contributed by atoms with van der Waals surface area (Å²) in [6.07, 6.45) is -1.05. The zero-order valence-electron chi connectivity index (χ0n) is 17.3. The number of carbonyl (C=O) groups is 1. The molecule has 0 aromatic heterocycles. The van der Waals surface area contributed by atoms with Gasteiger partial charge in [0.2, 0.25) is 0 Å². The number of aliphatic hydroxyl groups is 1. The Kier molecular flexibility index (Phi) is 7.72. The highest BCUT2D eigenvalue weighted by Crippen LogP contribution is 2.43. The molecule has 3 aromatic rings. The zero-order chi connectivity index (χ0) is 23.5. The molecule has 4 nitrogen and oxygen atoms in total. The third-order valence-corrected chi connectivity index (χ3v) is 6.41. The van der Waals surface area contributed by atoms with E-state index in [9.17, 15) is 9.90 Å². The molecule has 0 bridgehead atoms. The molecule has 1 N–H and O–H groups in total. The third kappa shape index (κ3) is 5.95. The highest BCUT2D eigenvalue weighted by atomic mass is 35.5. The van der Waals surface area contributed by atoms with E-state index in [1.165, 1.54) is 0 Å². The molecule has 8 heteroatoms. The maximum atomic E-state index is 11.7. The smallest absolute Gasteiger partial charge is 0.308 e. The van der Waals surface area contributed by atoms with Crippen molar-refractivity contribution in [2.45, 2.75) is 31.0 Å². The molecule has 1 aliphatic rings. The molecule has 0 saturated carbocycles. The predicted octanol–water partition coefficient (Wildman–Crippen LogP) is 6.93. The Balaban J connectivity index is 1.75. The summed E-state index contributed by atoms with van der Waals surface area (Å²) < 4.78 is 11.4. The number of rotatable bonds is 6. The molecule has 3 aromatic carbocycles. The quantitative estimate of drug-likeness (QED) is 0.280. The summed E-state index contributed by atoms with van der Waals surface area (Å²) in [7, 11) is 0. The van der Waals surface area contributed by atoms with Gasteiger partial charge in [-0.25, -0.2) is 0 Å². The molecule has 1 fully saturated rings. The van der Waals surface area contributed by atoms with E-state index in [1.807, 2.05) is 48.5 Å². The zero-order valence-corrected chi connectivity index (χ0v) is 20.3. The van der Waals surface area contributed by atoms with Crippen LogP contribution in [0.15, 0.2) is 60.7 Å². The van der Waals surface area contributed by atoms with Crippen LogP contribution in [0.2, 0.25) is 20.1 Å². The van der Waals surface area contributed by atoms with Crippen LogP contribution >= 0.6 is 46.4 Å². The Labute approximate surface area is 211 Å². The Bertz CT molecular complexity index is 1090. The van der Waals surface area contributed by atoms with Crippen molar-refractivity contribution in [3.63, 3.8) is 0 Å². The molecule has 1 saturated heterocycles. The van der Waals surface area contributed by atoms with Crippen LogP contribution in [0.1, 0.15) is 35.4 Å². The van der Waals surface area contributed by atoms with Crippen LogP contribution in [-0.4, -0.2) is 29.9 Å². The number of halogens is 4. The van der Waals surface area contributed by atoms with Gasteiger partial charge in [0.1, 0.15) is 18.5 Å². The van der Waals surface area contributed by atoms with Crippen molar-refractivity contribution in [2.24, 2.45) is 0 Å². The average molecular weight is 526 g/mol. The minimum atomic E-state index is -0.754. The third-order valence-electron chi connectivity index (χ3n) is 5.40. The van der Waals surface area contributed by atoms with Crippen LogP contribution in [0.4, 0.5) is 0 Å². The average Bonchev–Trinajstić information content (AvgIpc) is 2.75. The second-order valence-corrected chi connectivity index (χ2v) is 9.58. The van der Waals surface area contributed by atoms with Gasteiger partial charge < -0.3 is 14.6 Å². The molecule has 1 aliphatic heterocycles. The predicted molar refractivity (Wildman–Crippen MR) is 131 cm³/mol. The van der Waals surface area contributed by atoms with Crippen molar-refractivity contribution in [1.82, 2.24) is 0 Å². The van der Waals surface area contributed by atoms with Crippen LogP contribution in [0.25, 0.3) is 0 Å². The van der Waals surface area contributed by atoms with E-state index >= 15 is 0 Å². The molecule has 0 amide bonds. The second kappa shape index (κ2) is 10.5. The molecule has 1 heterocycles. The maximum absolute atomic E-state index is 11.7. The van der Waals surface area contributed by atoms with E-state index in [1.54, 1.807) is 12.1 Å². The lowest BCUT2D eigenvalue weighted by Crippen LogP contribution is -2.36. The summed E-state index contributed by atoms with van der Waals surface area (Å²) >= 11 is 25.2. The van der Waals surface area contributed by atoms with Gasteiger partial charge in [-0.3, -0.25) is 4.79 Å². The van der Waals surface area contributed by atoms with E-state index in [-0.39, 0.29) is 18.9 Å². The van der Waals surface area contributed by atoms with Crippen LogP contribution in [0.3, 0.4) is 0 Å². The first kappa shape index (κ1) is 24.2. The van der Waals surface area contributed by atoms with Gasteiger partial charge in [-0.15, -0.1) is 0 Å². The van der Waals surface area contributed by atoms with E-state index in [4.69, 9.17) is 55.9 Å². The number of benzene rings is 3. The Morgan fingerprint density at radius 2 is 1.48 bits per heavy atom. The minimum Gasteiger partial charge on any atom is -0.488 e. The van der Waals surface area contributed by atoms with Crippen molar-refractivity contribution >= 4 is 52.4 Å². The summed E-state index contributed by atoms with van der Waals surface area (Å²) in [5, 5.41) is 11.9. The number of cyclic esters (lactones) is 1. The van der Waals surface area contributed by atoms with Crippen molar-refractivity contribution < 1.29 is 19.4 Å². The lowest BCUT2D eigenvalue weighted by atomic mass is 9.84. The summed E-state index contributed by atoms with van der Waals surface area (Å²) in [5.74, 6) is -0.317. The number of hydrogen-bond donors (Lipinski definition) is 1. The largest absolute Gasteiger partial charge is 0.488 e. The number of esters is 1. The highest BCUT2D eigenvalue weighted by molar-refractivity contribution is 6.35. The normalized spacial score (nSPS) is 18.3. The van der Waals surface area contributed by atoms with Crippen molar-refractivity contribution in [3.05, 3.63) is 97.4 Å². The van der Waals surface area contributed by atoms with Gasteiger partial charge in [0, 0.05) is 33.0 Å². The van der Waals surface area contributed by atoms with E-state index in [0.29, 0.717) is 32.3 Å². The monoisotopic (exact) mass is 524 g/mol. The Hall–Kier alpha value is -1.95. The van der Waals surface area contributed by atoms with Gasteiger partial charge in [0.15, 0.2) is 0 Å². The van der Waals surface area contributed by atoms with Gasteiger partial charge in [0.25, 0.3) is 0 Å². The summed E-state index contributed by atoms with van der Waals surface area (Å²) in [6, 6.07) is 18.4. The van der Waals surface area contributed by atoms with Gasteiger partial charge in [0.05, 0.1) is 17.5 Å². The Morgan fingerprint density at radius 1 is 0.909 bits per heavy atom. The van der Waals surface area contributed by atoms with E-state index < -0.39 is 18.2 Å². The fourth-order valence-electron chi connectivity index (χ4n) is 3.95.